The predicted octanol–water partition coefficient (Wildman–Crippen LogP) is 4.04. The predicted molar refractivity (Wildman–Crippen MR) is 119 cm³/mol. The second kappa shape index (κ2) is 7.71. The van der Waals surface area contributed by atoms with Gasteiger partial charge in [-0.15, -0.1) is 0 Å². The van der Waals surface area contributed by atoms with Crippen LogP contribution in [0.4, 0.5) is 5.95 Å². The first-order chi connectivity index (χ1) is 14.6. The molecular weight excluding hydrogens is 450 g/mol. The Morgan fingerprint density at radius 1 is 1.23 bits per heavy atom. The number of guanidine groups is 1. The van der Waals surface area contributed by atoms with Crippen LogP contribution in [0.15, 0.2) is 39.8 Å². The van der Waals surface area contributed by atoms with Crippen LogP contribution in [0.3, 0.4) is 0 Å². The first-order valence-electron chi connectivity index (χ1n) is 9.98. The van der Waals surface area contributed by atoms with Crippen LogP contribution in [0.1, 0.15) is 31.5 Å². The average Bonchev–Trinajstić information content (AvgIpc) is 2.91. The third kappa shape index (κ3) is 3.32. The van der Waals surface area contributed by atoms with Crippen molar-refractivity contribution in [2.45, 2.75) is 25.9 Å². The van der Waals surface area contributed by atoms with Crippen molar-refractivity contribution < 1.29 is 14.2 Å². The van der Waals surface area contributed by atoms with E-state index in [0.29, 0.717) is 43.2 Å². The molecule has 3 N–H and O–H groups in total. The molecule has 3 heterocycles. The molecule has 1 unspecified atom stereocenters. The fourth-order valence-corrected chi connectivity index (χ4v) is 4.08. The highest BCUT2D eigenvalue weighted by atomic mass is 79.9. The summed E-state index contributed by atoms with van der Waals surface area (Å²) in [5.41, 5.74) is 8.67. The summed E-state index contributed by atoms with van der Waals surface area (Å²) < 4.78 is 20.7. The zero-order valence-electron chi connectivity index (χ0n) is 16.5. The van der Waals surface area contributed by atoms with Crippen LogP contribution in [0, 0.1) is 0 Å². The summed E-state index contributed by atoms with van der Waals surface area (Å²) in [4.78, 5) is 9.43. The van der Waals surface area contributed by atoms with Gasteiger partial charge in [0.1, 0.15) is 5.75 Å². The Hall–Kier alpha value is -2.94. The minimum Gasteiger partial charge on any atom is -0.493 e. The lowest BCUT2D eigenvalue weighted by atomic mass is 10.1. The molecule has 9 heteroatoms. The Balaban J connectivity index is 1.69. The summed E-state index contributed by atoms with van der Waals surface area (Å²) in [5, 5.41) is 3.07. The highest BCUT2D eigenvalue weighted by Gasteiger charge is 2.29. The molecule has 0 saturated heterocycles. The molecular formula is C21H22BrN5O3. The third-order valence-corrected chi connectivity index (χ3v) is 5.51. The van der Waals surface area contributed by atoms with Crippen molar-refractivity contribution in [1.82, 2.24) is 9.55 Å². The minimum absolute atomic E-state index is 0.304. The molecule has 2 aliphatic heterocycles. The summed E-state index contributed by atoms with van der Waals surface area (Å²) in [6, 6.07) is 9.79. The maximum Gasteiger partial charge on any atom is 0.212 e. The molecule has 8 nitrogen and oxygen atoms in total. The molecule has 0 amide bonds. The Kier molecular flexibility index (Phi) is 4.90. The lowest BCUT2D eigenvalue weighted by Crippen LogP contribution is -2.31. The molecule has 1 aromatic heterocycles. The number of aliphatic imine (C=N–C) groups is 1. The van der Waals surface area contributed by atoms with E-state index in [2.05, 4.69) is 33.2 Å². The van der Waals surface area contributed by atoms with Crippen molar-refractivity contribution in [3.8, 4) is 17.2 Å². The van der Waals surface area contributed by atoms with E-state index in [4.69, 9.17) is 24.9 Å². The SMILES string of the molecule is CCCOc1ccc(Br)cc1C1N=C(N)Nc2nc3cc4c(cc3n21)OCCCO4. The molecule has 0 radical (unpaired) electrons. The van der Waals surface area contributed by atoms with E-state index in [0.717, 1.165) is 39.7 Å². The number of anilines is 1. The van der Waals surface area contributed by atoms with E-state index in [1.807, 2.05) is 34.9 Å². The molecule has 5 rings (SSSR count). The van der Waals surface area contributed by atoms with Crippen molar-refractivity contribution in [2.24, 2.45) is 10.7 Å². The fraction of sp³-hybridized carbons (Fsp3) is 0.333. The molecule has 3 aromatic rings. The molecule has 0 bridgehead atoms. The van der Waals surface area contributed by atoms with Crippen LogP contribution >= 0.6 is 15.9 Å². The van der Waals surface area contributed by atoms with Crippen molar-refractivity contribution in [2.75, 3.05) is 25.1 Å². The molecule has 2 aliphatic rings. The zero-order chi connectivity index (χ0) is 20.7. The maximum absolute atomic E-state index is 6.11. The molecule has 1 atom stereocenters. The largest absolute Gasteiger partial charge is 0.493 e. The molecule has 0 saturated carbocycles. The Labute approximate surface area is 182 Å². The fourth-order valence-electron chi connectivity index (χ4n) is 3.70. The number of halogens is 1. The lowest BCUT2D eigenvalue weighted by molar-refractivity contribution is 0.297. The molecule has 2 aromatic carbocycles. The Morgan fingerprint density at radius 3 is 2.83 bits per heavy atom. The van der Waals surface area contributed by atoms with E-state index in [-0.39, 0.29) is 0 Å². The van der Waals surface area contributed by atoms with Crippen molar-refractivity contribution in [3.63, 3.8) is 0 Å². The lowest BCUT2D eigenvalue weighted by Gasteiger charge is -2.25. The van der Waals surface area contributed by atoms with Gasteiger partial charge in [0.25, 0.3) is 0 Å². The second-order valence-electron chi connectivity index (χ2n) is 7.19. The number of ether oxygens (including phenoxy) is 3. The van der Waals surface area contributed by atoms with Gasteiger partial charge in [-0.25, -0.2) is 9.98 Å². The number of nitrogens with two attached hydrogens (primary N) is 1. The number of nitrogens with zero attached hydrogens (tertiary/aromatic N) is 3. The third-order valence-electron chi connectivity index (χ3n) is 5.02. The van der Waals surface area contributed by atoms with Gasteiger partial charge in [0.2, 0.25) is 5.95 Å². The molecule has 156 valence electrons. The standard InChI is InChI=1S/C21H22BrN5O3/c1-2-6-28-16-5-4-12(22)9-13(16)19-25-20(23)26-21-24-14-10-17-18(11-15(14)27(19)21)30-8-3-7-29-17/h4-5,9-11,19H,2-3,6-8H2,1H3,(H3,23,24,25,26). The van der Waals surface area contributed by atoms with Crippen molar-refractivity contribution >= 4 is 38.9 Å². The van der Waals surface area contributed by atoms with Crippen molar-refractivity contribution in [1.29, 1.82) is 0 Å². The highest BCUT2D eigenvalue weighted by Crippen LogP contribution is 2.41. The molecule has 0 spiro atoms. The van der Waals surface area contributed by atoms with Gasteiger partial charge in [0.05, 0.1) is 30.9 Å². The van der Waals surface area contributed by atoms with Crippen LogP contribution < -0.4 is 25.3 Å². The number of imidazole rings is 1. The van der Waals surface area contributed by atoms with Gasteiger partial charge in [0.15, 0.2) is 23.6 Å². The van der Waals surface area contributed by atoms with Crippen LogP contribution in [0.5, 0.6) is 17.2 Å². The van der Waals surface area contributed by atoms with E-state index in [9.17, 15) is 0 Å². The quantitative estimate of drug-likeness (QED) is 0.595. The molecule has 0 aliphatic carbocycles. The number of fused-ring (bicyclic) bond motifs is 4. The summed E-state index contributed by atoms with van der Waals surface area (Å²) in [6.07, 6.45) is 1.33. The normalized spacial score (nSPS) is 17.7. The van der Waals surface area contributed by atoms with Gasteiger partial charge < -0.3 is 19.9 Å². The van der Waals surface area contributed by atoms with Crippen LogP contribution in [-0.4, -0.2) is 35.3 Å². The van der Waals surface area contributed by atoms with E-state index in [1.54, 1.807) is 0 Å². The first kappa shape index (κ1) is 19.0. The summed E-state index contributed by atoms with van der Waals surface area (Å²) in [7, 11) is 0. The topological polar surface area (TPSA) is 95.9 Å². The number of nitrogens with one attached hydrogen (secondary N) is 1. The summed E-state index contributed by atoms with van der Waals surface area (Å²) in [5.74, 6) is 3.10. The van der Waals surface area contributed by atoms with Crippen LogP contribution in [-0.2, 0) is 0 Å². The van der Waals surface area contributed by atoms with Gasteiger partial charge in [-0.2, -0.15) is 0 Å². The smallest absolute Gasteiger partial charge is 0.212 e. The van der Waals surface area contributed by atoms with E-state index in [1.165, 1.54) is 0 Å². The first-order valence-corrected chi connectivity index (χ1v) is 10.8. The Bertz CT molecular complexity index is 1140. The van der Waals surface area contributed by atoms with Gasteiger partial charge >= 0.3 is 0 Å². The van der Waals surface area contributed by atoms with Crippen molar-refractivity contribution in [3.05, 3.63) is 40.4 Å². The summed E-state index contributed by atoms with van der Waals surface area (Å²) >= 11 is 3.57. The highest BCUT2D eigenvalue weighted by molar-refractivity contribution is 9.10. The van der Waals surface area contributed by atoms with Gasteiger partial charge in [-0.3, -0.25) is 9.88 Å². The van der Waals surface area contributed by atoms with E-state index >= 15 is 0 Å². The number of benzene rings is 2. The number of aromatic nitrogens is 2. The average molecular weight is 472 g/mol. The van der Waals surface area contributed by atoms with Gasteiger partial charge in [-0.1, -0.05) is 22.9 Å². The molecule has 30 heavy (non-hydrogen) atoms. The van der Waals surface area contributed by atoms with Crippen LogP contribution in [0.2, 0.25) is 0 Å². The summed E-state index contributed by atoms with van der Waals surface area (Å²) in [6.45, 7) is 3.94. The zero-order valence-corrected chi connectivity index (χ0v) is 18.1. The van der Waals surface area contributed by atoms with Gasteiger partial charge in [0, 0.05) is 28.6 Å². The Morgan fingerprint density at radius 2 is 2.03 bits per heavy atom. The number of hydrogen-bond acceptors (Lipinski definition) is 7. The molecule has 0 fully saturated rings. The second-order valence-corrected chi connectivity index (χ2v) is 8.10. The van der Waals surface area contributed by atoms with Crippen LogP contribution in [0.25, 0.3) is 11.0 Å². The monoisotopic (exact) mass is 471 g/mol. The minimum atomic E-state index is -0.430. The van der Waals surface area contributed by atoms with Gasteiger partial charge in [-0.05, 0) is 24.6 Å². The number of hydrogen-bond donors (Lipinski definition) is 2. The number of rotatable bonds is 4. The maximum atomic E-state index is 6.11. The van der Waals surface area contributed by atoms with E-state index < -0.39 is 6.17 Å².